The zero-order chi connectivity index (χ0) is 12.4. The predicted molar refractivity (Wildman–Crippen MR) is 73.8 cm³/mol. The van der Waals surface area contributed by atoms with Gasteiger partial charge in [-0.05, 0) is 37.0 Å². The third kappa shape index (κ3) is 2.14. The molecule has 0 spiro atoms. The van der Waals surface area contributed by atoms with E-state index in [1.54, 1.807) is 0 Å². The Morgan fingerprint density at radius 2 is 2.22 bits per heavy atom. The highest BCUT2D eigenvalue weighted by Crippen LogP contribution is 2.21. The minimum atomic E-state index is 0.641. The second-order valence-corrected chi connectivity index (χ2v) is 4.73. The molecular weight excluding hydrogens is 222 g/mol. The molecule has 0 amide bonds. The largest absolute Gasteiger partial charge is 0.352 e. The summed E-state index contributed by atoms with van der Waals surface area (Å²) in [4.78, 5) is 13.9. The van der Waals surface area contributed by atoms with Gasteiger partial charge in [0.1, 0.15) is 0 Å². The lowest BCUT2D eigenvalue weighted by Crippen LogP contribution is -1.93. The van der Waals surface area contributed by atoms with E-state index < -0.39 is 0 Å². The maximum Gasteiger partial charge on any atom is 0.166 e. The van der Waals surface area contributed by atoms with Crippen LogP contribution in [0.25, 0.3) is 10.9 Å². The van der Waals surface area contributed by atoms with Gasteiger partial charge in [0.15, 0.2) is 6.29 Å². The van der Waals surface area contributed by atoms with E-state index in [9.17, 15) is 4.79 Å². The van der Waals surface area contributed by atoms with E-state index in [2.05, 4.69) is 41.4 Å². The van der Waals surface area contributed by atoms with Crippen molar-refractivity contribution in [2.45, 2.75) is 19.3 Å². The van der Waals surface area contributed by atoms with Crippen molar-refractivity contribution in [1.82, 2.24) is 4.98 Å². The Hall–Kier alpha value is -2.09. The molecule has 3 rings (SSSR count). The summed E-state index contributed by atoms with van der Waals surface area (Å²) in [5, 5.41) is 1.10. The lowest BCUT2D eigenvalue weighted by molar-refractivity contribution is 0.112. The number of aldehydes is 1. The van der Waals surface area contributed by atoms with Crippen LogP contribution in [-0.2, 0) is 6.42 Å². The van der Waals surface area contributed by atoms with Crippen LogP contribution < -0.4 is 0 Å². The Bertz CT molecular complexity index is 646. The molecule has 2 heteroatoms. The fourth-order valence-electron chi connectivity index (χ4n) is 2.43. The SMILES string of the molecule is O=Cc1cc2ccc(CC3=CC=CCC3)cc2[nH]1. The highest BCUT2D eigenvalue weighted by Gasteiger charge is 2.04. The lowest BCUT2D eigenvalue weighted by Gasteiger charge is -2.08. The van der Waals surface area contributed by atoms with E-state index in [4.69, 9.17) is 0 Å². The first-order valence-electron chi connectivity index (χ1n) is 6.26. The molecule has 0 unspecified atom stereocenters. The molecule has 18 heavy (non-hydrogen) atoms. The summed E-state index contributed by atoms with van der Waals surface area (Å²) in [7, 11) is 0. The minimum absolute atomic E-state index is 0.641. The topological polar surface area (TPSA) is 32.9 Å². The molecule has 1 aromatic carbocycles. The number of nitrogens with one attached hydrogen (secondary N) is 1. The number of carbonyl (C=O) groups excluding carboxylic acids is 1. The van der Waals surface area contributed by atoms with Crippen molar-refractivity contribution in [3.8, 4) is 0 Å². The maximum absolute atomic E-state index is 10.7. The van der Waals surface area contributed by atoms with Gasteiger partial charge in [-0.25, -0.2) is 0 Å². The molecule has 1 heterocycles. The number of allylic oxidation sites excluding steroid dienone is 4. The Morgan fingerprint density at radius 3 is 3.00 bits per heavy atom. The Kier molecular flexibility index (Phi) is 2.85. The molecule has 1 aliphatic rings. The minimum Gasteiger partial charge on any atom is -0.352 e. The van der Waals surface area contributed by atoms with Gasteiger partial charge < -0.3 is 4.98 Å². The average molecular weight is 237 g/mol. The number of H-pyrrole nitrogens is 1. The van der Waals surface area contributed by atoms with Crippen LogP contribution >= 0.6 is 0 Å². The molecule has 2 nitrogen and oxygen atoms in total. The molecule has 0 saturated heterocycles. The number of rotatable bonds is 3. The Balaban J connectivity index is 1.90. The standard InChI is InChI=1S/C16H15NO/c18-11-15-10-14-7-6-13(9-16(14)17-15)8-12-4-2-1-3-5-12/h1-2,4,6-7,9-11,17H,3,5,8H2. The summed E-state index contributed by atoms with van der Waals surface area (Å²) in [5.41, 5.74) is 4.45. The average Bonchev–Trinajstić information content (AvgIpc) is 2.82. The predicted octanol–water partition coefficient (Wildman–Crippen LogP) is 3.80. The van der Waals surface area contributed by atoms with Crippen LogP contribution in [-0.4, -0.2) is 11.3 Å². The quantitative estimate of drug-likeness (QED) is 0.809. The first-order chi connectivity index (χ1) is 8.85. The highest BCUT2D eigenvalue weighted by atomic mass is 16.1. The summed E-state index contributed by atoms with van der Waals surface area (Å²) in [6.07, 6.45) is 10.7. The first kappa shape index (κ1) is 11.0. The molecule has 1 aromatic heterocycles. The van der Waals surface area contributed by atoms with Crippen molar-refractivity contribution in [3.63, 3.8) is 0 Å². The first-order valence-corrected chi connectivity index (χ1v) is 6.26. The Labute approximate surface area is 106 Å². The second kappa shape index (κ2) is 4.65. The maximum atomic E-state index is 10.7. The van der Waals surface area contributed by atoms with Gasteiger partial charge in [-0.15, -0.1) is 0 Å². The zero-order valence-electron chi connectivity index (χ0n) is 10.1. The fraction of sp³-hybridized carbons (Fsp3) is 0.188. The van der Waals surface area contributed by atoms with E-state index in [1.807, 2.05) is 6.07 Å². The van der Waals surface area contributed by atoms with Crippen LogP contribution in [0.1, 0.15) is 28.9 Å². The van der Waals surface area contributed by atoms with E-state index in [0.29, 0.717) is 5.69 Å². The Morgan fingerprint density at radius 1 is 1.28 bits per heavy atom. The van der Waals surface area contributed by atoms with Crippen molar-refractivity contribution >= 4 is 17.2 Å². The van der Waals surface area contributed by atoms with Crippen LogP contribution in [0.15, 0.2) is 48.1 Å². The van der Waals surface area contributed by atoms with Gasteiger partial charge in [-0.1, -0.05) is 35.9 Å². The zero-order valence-corrected chi connectivity index (χ0v) is 10.1. The molecule has 0 atom stereocenters. The third-order valence-corrected chi connectivity index (χ3v) is 3.37. The number of aromatic nitrogens is 1. The van der Waals surface area contributed by atoms with Crippen LogP contribution in [0.2, 0.25) is 0 Å². The number of carbonyl (C=O) groups is 1. The van der Waals surface area contributed by atoms with Crippen LogP contribution in [0.3, 0.4) is 0 Å². The van der Waals surface area contributed by atoms with E-state index >= 15 is 0 Å². The fourth-order valence-corrected chi connectivity index (χ4v) is 2.43. The molecular formula is C16H15NO. The molecule has 0 fully saturated rings. The normalized spacial score (nSPS) is 14.8. The van der Waals surface area contributed by atoms with Crippen molar-refractivity contribution in [2.75, 3.05) is 0 Å². The van der Waals surface area contributed by atoms with Crippen molar-refractivity contribution in [3.05, 3.63) is 59.3 Å². The summed E-state index contributed by atoms with van der Waals surface area (Å²) in [6, 6.07) is 8.24. The molecule has 2 aromatic rings. The van der Waals surface area contributed by atoms with Crippen LogP contribution in [0.5, 0.6) is 0 Å². The molecule has 0 aliphatic heterocycles. The number of hydrogen-bond donors (Lipinski definition) is 1. The summed E-state index contributed by atoms with van der Waals surface area (Å²) in [5.74, 6) is 0. The number of benzene rings is 1. The smallest absolute Gasteiger partial charge is 0.166 e. The third-order valence-electron chi connectivity index (χ3n) is 3.37. The van der Waals surface area contributed by atoms with E-state index in [-0.39, 0.29) is 0 Å². The number of hydrogen-bond acceptors (Lipinski definition) is 1. The van der Waals surface area contributed by atoms with Crippen LogP contribution in [0.4, 0.5) is 0 Å². The second-order valence-electron chi connectivity index (χ2n) is 4.73. The molecule has 1 aliphatic carbocycles. The van der Waals surface area contributed by atoms with Gasteiger partial charge in [0, 0.05) is 10.9 Å². The monoisotopic (exact) mass is 237 g/mol. The summed E-state index contributed by atoms with van der Waals surface area (Å²) >= 11 is 0. The highest BCUT2D eigenvalue weighted by molar-refractivity contribution is 5.88. The molecule has 0 radical (unpaired) electrons. The van der Waals surface area contributed by atoms with Gasteiger partial charge >= 0.3 is 0 Å². The molecule has 0 saturated carbocycles. The van der Waals surface area contributed by atoms with Gasteiger partial charge in [0.25, 0.3) is 0 Å². The molecule has 0 bridgehead atoms. The van der Waals surface area contributed by atoms with Gasteiger partial charge in [-0.3, -0.25) is 4.79 Å². The number of aromatic amines is 1. The van der Waals surface area contributed by atoms with E-state index in [0.717, 1.165) is 36.5 Å². The van der Waals surface area contributed by atoms with Crippen molar-refractivity contribution in [2.24, 2.45) is 0 Å². The lowest BCUT2D eigenvalue weighted by atomic mass is 9.97. The van der Waals surface area contributed by atoms with Gasteiger partial charge in [0.05, 0.1) is 5.69 Å². The van der Waals surface area contributed by atoms with Crippen LogP contribution in [0, 0.1) is 0 Å². The molecule has 1 N–H and O–H groups in total. The molecule has 90 valence electrons. The summed E-state index contributed by atoms with van der Waals surface area (Å²) in [6.45, 7) is 0. The van der Waals surface area contributed by atoms with Gasteiger partial charge in [-0.2, -0.15) is 0 Å². The van der Waals surface area contributed by atoms with Crippen molar-refractivity contribution < 1.29 is 4.79 Å². The van der Waals surface area contributed by atoms with Gasteiger partial charge in [0.2, 0.25) is 0 Å². The number of fused-ring (bicyclic) bond motifs is 1. The summed E-state index contributed by atoms with van der Waals surface area (Å²) < 4.78 is 0. The van der Waals surface area contributed by atoms with E-state index in [1.165, 1.54) is 11.1 Å². The van der Waals surface area contributed by atoms with Crippen molar-refractivity contribution in [1.29, 1.82) is 0 Å².